The fourth-order valence-corrected chi connectivity index (χ4v) is 5.42. The van der Waals surface area contributed by atoms with Crippen LogP contribution in [0.4, 0.5) is 0 Å². The summed E-state index contributed by atoms with van der Waals surface area (Å²) in [4.78, 5) is 25.7. The summed E-state index contributed by atoms with van der Waals surface area (Å²) in [6.45, 7) is 2.59. The summed E-state index contributed by atoms with van der Waals surface area (Å²) < 4.78 is 0. The molecule has 6 atom stereocenters. The van der Waals surface area contributed by atoms with Gasteiger partial charge in [0, 0.05) is 12.5 Å². The second kappa shape index (κ2) is 3.74. The van der Waals surface area contributed by atoms with Crippen LogP contribution in [0.1, 0.15) is 32.6 Å². The van der Waals surface area contributed by atoms with Gasteiger partial charge in [0.2, 0.25) is 5.91 Å². The highest BCUT2D eigenvalue weighted by Gasteiger charge is 2.68. The van der Waals surface area contributed by atoms with Gasteiger partial charge in [-0.3, -0.25) is 4.79 Å². The number of amides is 1. The van der Waals surface area contributed by atoms with Gasteiger partial charge in [-0.05, 0) is 55.3 Å². The van der Waals surface area contributed by atoms with Crippen molar-refractivity contribution in [1.82, 2.24) is 4.90 Å². The Morgan fingerprint density at radius 3 is 2.32 bits per heavy atom. The number of hydrogen-bond acceptors (Lipinski definition) is 2. The molecule has 6 unspecified atom stereocenters. The van der Waals surface area contributed by atoms with Crippen LogP contribution < -0.4 is 0 Å². The van der Waals surface area contributed by atoms with E-state index in [0.29, 0.717) is 18.4 Å². The highest BCUT2D eigenvalue weighted by atomic mass is 16.4. The summed E-state index contributed by atoms with van der Waals surface area (Å²) in [5.74, 6) is 2.36. The monoisotopic (exact) mass is 263 g/mol. The van der Waals surface area contributed by atoms with Crippen LogP contribution in [-0.2, 0) is 9.59 Å². The Morgan fingerprint density at radius 1 is 1.11 bits per heavy atom. The SMILES string of the molecule is CC1CCN(C(=O)C2C3C4CCC(C4)C23)C1C(=O)O. The van der Waals surface area contributed by atoms with Crippen LogP contribution in [0, 0.1) is 35.5 Å². The molecule has 1 amide bonds. The molecule has 3 saturated carbocycles. The number of likely N-dealkylation sites (tertiary alicyclic amines) is 1. The molecule has 4 rings (SSSR count). The van der Waals surface area contributed by atoms with E-state index >= 15 is 0 Å². The predicted octanol–water partition coefficient (Wildman–Crippen LogP) is 1.60. The number of carbonyl (C=O) groups is 2. The van der Waals surface area contributed by atoms with E-state index in [1.807, 2.05) is 6.92 Å². The fraction of sp³-hybridized carbons (Fsp3) is 0.867. The van der Waals surface area contributed by atoms with Gasteiger partial charge >= 0.3 is 5.97 Å². The molecule has 3 aliphatic carbocycles. The summed E-state index contributed by atoms with van der Waals surface area (Å²) >= 11 is 0. The molecule has 2 bridgehead atoms. The Morgan fingerprint density at radius 2 is 1.74 bits per heavy atom. The minimum absolute atomic E-state index is 0.0942. The molecule has 104 valence electrons. The molecule has 0 aromatic carbocycles. The first-order chi connectivity index (χ1) is 9.09. The second-order valence-electron chi connectivity index (χ2n) is 7.09. The highest BCUT2D eigenvalue weighted by molar-refractivity contribution is 5.88. The van der Waals surface area contributed by atoms with E-state index < -0.39 is 12.0 Å². The number of carbonyl (C=O) groups excluding carboxylic acids is 1. The maximum Gasteiger partial charge on any atom is 0.326 e. The van der Waals surface area contributed by atoms with Gasteiger partial charge in [0.05, 0.1) is 0 Å². The molecule has 0 spiro atoms. The van der Waals surface area contributed by atoms with Crippen molar-refractivity contribution in [3.63, 3.8) is 0 Å². The molecular formula is C15H21NO3. The predicted molar refractivity (Wildman–Crippen MR) is 68.2 cm³/mol. The zero-order valence-electron chi connectivity index (χ0n) is 11.3. The minimum Gasteiger partial charge on any atom is -0.480 e. The van der Waals surface area contributed by atoms with E-state index in [4.69, 9.17) is 0 Å². The van der Waals surface area contributed by atoms with Crippen LogP contribution in [0.2, 0.25) is 0 Å². The van der Waals surface area contributed by atoms with E-state index in [1.165, 1.54) is 19.3 Å². The number of hydrogen-bond donors (Lipinski definition) is 1. The first kappa shape index (κ1) is 11.7. The second-order valence-corrected chi connectivity index (χ2v) is 7.09. The number of carboxylic acids is 1. The molecule has 1 saturated heterocycles. The third kappa shape index (κ3) is 1.46. The van der Waals surface area contributed by atoms with Crippen LogP contribution in [-0.4, -0.2) is 34.5 Å². The Kier molecular flexibility index (Phi) is 2.31. The zero-order valence-corrected chi connectivity index (χ0v) is 11.3. The zero-order chi connectivity index (χ0) is 13.3. The molecule has 0 aromatic rings. The third-order valence-corrected chi connectivity index (χ3v) is 6.26. The maximum atomic E-state index is 12.7. The van der Waals surface area contributed by atoms with Crippen molar-refractivity contribution >= 4 is 11.9 Å². The van der Waals surface area contributed by atoms with Gasteiger partial charge < -0.3 is 10.0 Å². The Bertz CT molecular complexity index is 433. The van der Waals surface area contributed by atoms with Crippen LogP contribution in [0.5, 0.6) is 0 Å². The van der Waals surface area contributed by atoms with E-state index in [9.17, 15) is 14.7 Å². The summed E-state index contributed by atoms with van der Waals surface area (Å²) in [7, 11) is 0. The summed E-state index contributed by atoms with van der Waals surface area (Å²) in [5, 5.41) is 9.33. The number of carboxylic acid groups (broad SMARTS) is 1. The van der Waals surface area contributed by atoms with Gasteiger partial charge in [-0.2, -0.15) is 0 Å². The van der Waals surface area contributed by atoms with Gasteiger partial charge in [0.15, 0.2) is 0 Å². The van der Waals surface area contributed by atoms with Gasteiger partial charge in [0.25, 0.3) is 0 Å². The standard InChI is InChI=1S/C15H21NO3/c1-7-4-5-16(13(7)15(18)19)14(17)12-10-8-2-3-9(6-8)11(10)12/h7-13H,2-6H2,1H3,(H,18,19). The van der Waals surface area contributed by atoms with Gasteiger partial charge in [0.1, 0.15) is 6.04 Å². The van der Waals surface area contributed by atoms with Crippen molar-refractivity contribution in [2.45, 2.75) is 38.6 Å². The number of rotatable bonds is 2. The molecule has 4 heteroatoms. The molecular weight excluding hydrogens is 242 g/mol. The number of aliphatic carboxylic acids is 1. The molecule has 19 heavy (non-hydrogen) atoms. The average Bonchev–Trinajstić information content (AvgIpc) is 2.73. The largest absolute Gasteiger partial charge is 0.480 e. The fourth-order valence-electron chi connectivity index (χ4n) is 5.42. The van der Waals surface area contributed by atoms with Crippen LogP contribution >= 0.6 is 0 Å². The number of nitrogens with zero attached hydrogens (tertiary/aromatic N) is 1. The quantitative estimate of drug-likeness (QED) is 0.823. The van der Waals surface area contributed by atoms with Gasteiger partial charge in [-0.15, -0.1) is 0 Å². The van der Waals surface area contributed by atoms with Crippen LogP contribution in [0.3, 0.4) is 0 Å². The molecule has 4 nitrogen and oxygen atoms in total. The van der Waals surface area contributed by atoms with E-state index in [1.54, 1.807) is 4.90 Å². The van der Waals surface area contributed by atoms with Crippen LogP contribution in [0.15, 0.2) is 0 Å². The van der Waals surface area contributed by atoms with E-state index in [-0.39, 0.29) is 17.7 Å². The lowest BCUT2D eigenvalue weighted by Gasteiger charge is -2.24. The average molecular weight is 263 g/mol. The molecule has 0 aromatic heterocycles. The summed E-state index contributed by atoms with van der Waals surface area (Å²) in [6.07, 6.45) is 4.76. The highest BCUT2D eigenvalue weighted by Crippen LogP contribution is 2.69. The van der Waals surface area contributed by atoms with E-state index in [0.717, 1.165) is 18.3 Å². The molecule has 1 N–H and O–H groups in total. The Labute approximate surface area is 113 Å². The van der Waals surface area contributed by atoms with Crippen molar-refractivity contribution in [3.8, 4) is 0 Å². The topological polar surface area (TPSA) is 57.6 Å². The van der Waals surface area contributed by atoms with Crippen molar-refractivity contribution in [3.05, 3.63) is 0 Å². The Hall–Kier alpha value is -1.06. The van der Waals surface area contributed by atoms with Crippen molar-refractivity contribution < 1.29 is 14.7 Å². The van der Waals surface area contributed by atoms with Crippen molar-refractivity contribution in [1.29, 1.82) is 0 Å². The van der Waals surface area contributed by atoms with E-state index in [2.05, 4.69) is 0 Å². The molecule has 4 aliphatic rings. The smallest absolute Gasteiger partial charge is 0.326 e. The lowest BCUT2D eigenvalue weighted by atomic mass is 10.0. The lowest BCUT2D eigenvalue weighted by Crippen LogP contribution is -2.44. The normalized spacial score (nSPS) is 50.4. The van der Waals surface area contributed by atoms with Gasteiger partial charge in [-0.1, -0.05) is 6.92 Å². The molecule has 1 aliphatic heterocycles. The van der Waals surface area contributed by atoms with Gasteiger partial charge in [-0.25, -0.2) is 4.79 Å². The maximum absolute atomic E-state index is 12.7. The summed E-state index contributed by atoms with van der Waals surface area (Å²) in [6, 6.07) is -0.577. The third-order valence-electron chi connectivity index (χ3n) is 6.26. The van der Waals surface area contributed by atoms with Crippen molar-refractivity contribution in [2.75, 3.05) is 6.54 Å². The van der Waals surface area contributed by atoms with Crippen molar-refractivity contribution in [2.24, 2.45) is 35.5 Å². The Balaban J connectivity index is 1.52. The molecule has 4 fully saturated rings. The minimum atomic E-state index is -0.827. The molecule has 1 heterocycles. The first-order valence-electron chi connectivity index (χ1n) is 7.63. The number of fused-ring (bicyclic) bond motifs is 5. The molecule has 0 radical (unpaired) electrons. The lowest BCUT2D eigenvalue weighted by molar-refractivity contribution is -0.150. The first-order valence-corrected chi connectivity index (χ1v) is 7.63. The van der Waals surface area contributed by atoms with Crippen LogP contribution in [0.25, 0.3) is 0 Å². The summed E-state index contributed by atoms with van der Waals surface area (Å²) in [5.41, 5.74) is 0.